The lowest BCUT2D eigenvalue weighted by molar-refractivity contribution is 0.0575. The number of nitrogens with one attached hydrogen (secondary N) is 1. The van der Waals surface area contributed by atoms with Gasteiger partial charge in [0.05, 0.1) is 18.2 Å². The van der Waals surface area contributed by atoms with E-state index in [4.69, 9.17) is 10.5 Å². The first-order valence-electron chi connectivity index (χ1n) is 7.53. The van der Waals surface area contributed by atoms with Crippen LogP contribution in [0.1, 0.15) is 39.5 Å². The van der Waals surface area contributed by atoms with Gasteiger partial charge in [0.1, 0.15) is 5.75 Å². The van der Waals surface area contributed by atoms with Crippen molar-refractivity contribution < 1.29 is 9.84 Å². The first-order valence-corrected chi connectivity index (χ1v) is 7.53. The van der Waals surface area contributed by atoms with Crippen LogP contribution >= 0.6 is 24.0 Å². The SMILES string of the molecule is CC(C)Oc1ccc(NC(N)=NCC2(O)CCCC2)cc1.I. The molecule has 0 aliphatic heterocycles. The Morgan fingerprint density at radius 1 is 1.32 bits per heavy atom. The highest BCUT2D eigenvalue weighted by atomic mass is 127. The summed E-state index contributed by atoms with van der Waals surface area (Å²) in [5.41, 5.74) is 6.05. The average Bonchev–Trinajstić information content (AvgIpc) is 2.86. The van der Waals surface area contributed by atoms with Crippen LogP contribution in [0.25, 0.3) is 0 Å². The highest BCUT2D eigenvalue weighted by Crippen LogP contribution is 2.29. The Morgan fingerprint density at radius 2 is 1.91 bits per heavy atom. The maximum atomic E-state index is 10.2. The molecule has 0 atom stereocenters. The lowest BCUT2D eigenvalue weighted by Gasteiger charge is -2.19. The molecule has 1 aromatic rings. The minimum Gasteiger partial charge on any atom is -0.491 e. The van der Waals surface area contributed by atoms with Crippen molar-refractivity contribution in [2.24, 2.45) is 10.7 Å². The molecule has 0 radical (unpaired) electrons. The zero-order valence-electron chi connectivity index (χ0n) is 13.2. The molecule has 0 amide bonds. The van der Waals surface area contributed by atoms with E-state index in [1.165, 1.54) is 0 Å². The lowest BCUT2D eigenvalue weighted by atomic mass is 10.0. The van der Waals surface area contributed by atoms with Crippen LogP contribution in [-0.4, -0.2) is 29.3 Å². The molecule has 0 bridgehead atoms. The topological polar surface area (TPSA) is 79.9 Å². The Labute approximate surface area is 149 Å². The van der Waals surface area contributed by atoms with Gasteiger partial charge in [-0.25, -0.2) is 0 Å². The maximum absolute atomic E-state index is 10.2. The number of hydrogen-bond donors (Lipinski definition) is 3. The van der Waals surface area contributed by atoms with Crippen molar-refractivity contribution in [2.75, 3.05) is 11.9 Å². The van der Waals surface area contributed by atoms with Crippen molar-refractivity contribution in [3.8, 4) is 5.75 Å². The van der Waals surface area contributed by atoms with E-state index >= 15 is 0 Å². The fraction of sp³-hybridized carbons (Fsp3) is 0.562. The van der Waals surface area contributed by atoms with Crippen LogP contribution in [0.3, 0.4) is 0 Å². The summed E-state index contributed by atoms with van der Waals surface area (Å²) >= 11 is 0. The molecule has 0 unspecified atom stereocenters. The maximum Gasteiger partial charge on any atom is 0.193 e. The van der Waals surface area contributed by atoms with E-state index < -0.39 is 5.60 Å². The summed E-state index contributed by atoms with van der Waals surface area (Å²) < 4.78 is 5.58. The van der Waals surface area contributed by atoms with E-state index in [1.54, 1.807) is 0 Å². The largest absolute Gasteiger partial charge is 0.491 e. The number of anilines is 1. The number of aliphatic hydroxyl groups is 1. The Hall–Kier alpha value is -1.02. The Balaban J connectivity index is 0.00000242. The summed E-state index contributed by atoms with van der Waals surface area (Å²) in [6, 6.07) is 7.56. The minimum absolute atomic E-state index is 0. The number of benzene rings is 1. The number of guanidine groups is 1. The molecule has 1 aliphatic carbocycles. The van der Waals surface area contributed by atoms with Gasteiger partial charge in [-0.2, -0.15) is 0 Å². The smallest absolute Gasteiger partial charge is 0.193 e. The molecule has 6 heteroatoms. The van der Waals surface area contributed by atoms with Gasteiger partial charge in [-0.15, -0.1) is 24.0 Å². The summed E-state index contributed by atoms with van der Waals surface area (Å²) in [5, 5.41) is 13.2. The van der Waals surface area contributed by atoms with Gasteiger partial charge < -0.3 is 20.9 Å². The first-order chi connectivity index (χ1) is 9.97. The van der Waals surface area contributed by atoms with Crippen LogP contribution < -0.4 is 15.8 Å². The van der Waals surface area contributed by atoms with E-state index in [1.807, 2.05) is 38.1 Å². The van der Waals surface area contributed by atoms with Crippen molar-refractivity contribution in [1.82, 2.24) is 0 Å². The molecule has 0 aromatic heterocycles. The van der Waals surface area contributed by atoms with Crippen LogP contribution in [0.5, 0.6) is 5.75 Å². The molecule has 0 saturated heterocycles. The Kier molecular flexibility index (Phi) is 7.41. The van der Waals surface area contributed by atoms with Crippen molar-refractivity contribution in [1.29, 1.82) is 0 Å². The van der Waals surface area contributed by atoms with Crippen LogP contribution in [0.4, 0.5) is 5.69 Å². The highest BCUT2D eigenvalue weighted by Gasteiger charge is 2.30. The number of rotatable bonds is 5. The van der Waals surface area contributed by atoms with E-state index in [2.05, 4.69) is 10.3 Å². The van der Waals surface area contributed by atoms with Gasteiger partial charge in [0.25, 0.3) is 0 Å². The normalized spacial score (nSPS) is 17.2. The number of nitrogens with two attached hydrogens (primary N) is 1. The van der Waals surface area contributed by atoms with Gasteiger partial charge in [0.15, 0.2) is 5.96 Å². The lowest BCUT2D eigenvalue weighted by Crippen LogP contribution is -2.31. The van der Waals surface area contributed by atoms with Gasteiger partial charge in [-0.05, 0) is 51.0 Å². The molecule has 1 saturated carbocycles. The van der Waals surface area contributed by atoms with E-state index in [0.29, 0.717) is 12.5 Å². The van der Waals surface area contributed by atoms with Gasteiger partial charge >= 0.3 is 0 Å². The molecule has 1 aromatic carbocycles. The fourth-order valence-corrected chi connectivity index (χ4v) is 2.50. The number of aliphatic imine (C=N–C) groups is 1. The summed E-state index contributed by atoms with van der Waals surface area (Å²) in [6.07, 6.45) is 3.91. The molecule has 4 N–H and O–H groups in total. The number of hydrogen-bond acceptors (Lipinski definition) is 3. The van der Waals surface area contributed by atoms with Gasteiger partial charge in [0.2, 0.25) is 0 Å². The second-order valence-electron chi connectivity index (χ2n) is 5.95. The summed E-state index contributed by atoms with van der Waals surface area (Å²) in [5.74, 6) is 1.15. The van der Waals surface area contributed by atoms with Gasteiger partial charge in [-0.3, -0.25) is 4.99 Å². The number of halogens is 1. The van der Waals surface area contributed by atoms with Crippen molar-refractivity contribution in [2.45, 2.75) is 51.2 Å². The fourth-order valence-electron chi connectivity index (χ4n) is 2.50. The third-order valence-corrected chi connectivity index (χ3v) is 3.58. The molecular formula is C16H26IN3O2. The van der Waals surface area contributed by atoms with E-state index in [0.717, 1.165) is 37.1 Å². The van der Waals surface area contributed by atoms with Crippen LogP contribution in [0.15, 0.2) is 29.3 Å². The van der Waals surface area contributed by atoms with Gasteiger partial charge in [-0.1, -0.05) is 12.8 Å². The van der Waals surface area contributed by atoms with Crippen molar-refractivity contribution in [3.05, 3.63) is 24.3 Å². The van der Waals surface area contributed by atoms with Crippen molar-refractivity contribution >= 4 is 35.6 Å². The van der Waals surface area contributed by atoms with Crippen LogP contribution in [-0.2, 0) is 0 Å². The van der Waals surface area contributed by atoms with Gasteiger partial charge in [0, 0.05) is 5.69 Å². The average molecular weight is 419 g/mol. The highest BCUT2D eigenvalue weighted by molar-refractivity contribution is 14.0. The third-order valence-electron chi connectivity index (χ3n) is 3.58. The molecule has 0 spiro atoms. The van der Waals surface area contributed by atoms with Crippen LogP contribution in [0.2, 0.25) is 0 Å². The number of ether oxygens (including phenoxy) is 1. The number of nitrogens with zero attached hydrogens (tertiary/aromatic N) is 1. The molecule has 22 heavy (non-hydrogen) atoms. The summed E-state index contributed by atoms with van der Waals surface area (Å²) in [6.45, 7) is 4.34. The zero-order chi connectivity index (χ0) is 15.3. The predicted octanol–water partition coefficient (Wildman–Crippen LogP) is 3.12. The zero-order valence-corrected chi connectivity index (χ0v) is 15.5. The standard InChI is InChI=1S/C16H25N3O2.HI/c1-12(2)21-14-7-5-13(6-8-14)19-15(17)18-11-16(20)9-3-4-10-16;/h5-8,12,20H,3-4,9-11H2,1-2H3,(H3,17,18,19);1H. The molecule has 1 aliphatic rings. The van der Waals surface area contributed by atoms with Crippen molar-refractivity contribution in [3.63, 3.8) is 0 Å². The molecule has 2 rings (SSSR count). The Morgan fingerprint density at radius 3 is 2.45 bits per heavy atom. The molecular weight excluding hydrogens is 393 g/mol. The first kappa shape index (κ1) is 19.0. The molecule has 0 heterocycles. The Bertz CT molecular complexity index is 483. The monoisotopic (exact) mass is 419 g/mol. The third kappa shape index (κ3) is 6.00. The summed E-state index contributed by atoms with van der Waals surface area (Å²) in [4.78, 5) is 4.25. The molecule has 124 valence electrons. The van der Waals surface area contributed by atoms with E-state index in [9.17, 15) is 5.11 Å². The van der Waals surface area contributed by atoms with E-state index in [-0.39, 0.29) is 30.1 Å². The quantitative estimate of drug-likeness (QED) is 0.389. The second-order valence-corrected chi connectivity index (χ2v) is 5.95. The summed E-state index contributed by atoms with van der Waals surface area (Å²) in [7, 11) is 0. The van der Waals surface area contributed by atoms with Crippen LogP contribution in [0, 0.1) is 0 Å². The molecule has 1 fully saturated rings. The minimum atomic E-state index is -0.665. The predicted molar refractivity (Wildman–Crippen MR) is 101 cm³/mol. The second kappa shape index (κ2) is 8.57. The molecule has 5 nitrogen and oxygen atoms in total.